The summed E-state index contributed by atoms with van der Waals surface area (Å²) >= 11 is 1.56. The maximum atomic E-state index is 11.8. The van der Waals surface area contributed by atoms with E-state index in [0.29, 0.717) is 25.4 Å². The summed E-state index contributed by atoms with van der Waals surface area (Å²) in [4.78, 5) is 12.8. The van der Waals surface area contributed by atoms with Crippen molar-refractivity contribution in [2.24, 2.45) is 5.10 Å². The van der Waals surface area contributed by atoms with Gasteiger partial charge in [0, 0.05) is 10.4 Å². The van der Waals surface area contributed by atoms with Crippen molar-refractivity contribution in [3.05, 3.63) is 46.2 Å². The van der Waals surface area contributed by atoms with Crippen LogP contribution in [-0.2, 0) is 11.2 Å². The first-order chi connectivity index (χ1) is 10.7. The molecule has 5 nitrogen and oxygen atoms in total. The zero-order valence-corrected chi connectivity index (χ0v) is 13.0. The number of hydrogen-bond donors (Lipinski definition) is 1. The highest BCUT2D eigenvalue weighted by Gasteiger charge is 2.12. The third-order valence-corrected chi connectivity index (χ3v) is 4.10. The van der Waals surface area contributed by atoms with E-state index in [1.54, 1.807) is 11.3 Å². The van der Waals surface area contributed by atoms with Crippen LogP contribution in [0.2, 0.25) is 0 Å². The third-order valence-electron chi connectivity index (χ3n) is 3.22. The topological polar surface area (TPSA) is 59.9 Å². The van der Waals surface area contributed by atoms with E-state index < -0.39 is 0 Å². The van der Waals surface area contributed by atoms with Crippen molar-refractivity contribution in [3.63, 3.8) is 0 Å². The van der Waals surface area contributed by atoms with Crippen LogP contribution in [0.4, 0.5) is 0 Å². The standard InChI is InChI=1S/C16H16N2O3S/c1-11(17-18-16(19)10-13-3-2-8-22-13)12-4-5-14-15(9-12)21-7-6-20-14/h2-5,8-9H,6-7,10H2,1H3,(H,18,19)/b17-11+. The molecule has 6 heteroatoms. The first-order valence-electron chi connectivity index (χ1n) is 6.98. The lowest BCUT2D eigenvalue weighted by Gasteiger charge is -2.18. The van der Waals surface area contributed by atoms with Gasteiger partial charge in [-0.15, -0.1) is 11.3 Å². The van der Waals surface area contributed by atoms with Crippen LogP contribution in [0, 0.1) is 0 Å². The minimum absolute atomic E-state index is 0.126. The van der Waals surface area contributed by atoms with Crippen LogP contribution in [0.25, 0.3) is 0 Å². The summed E-state index contributed by atoms with van der Waals surface area (Å²) in [6.07, 6.45) is 0.343. The number of nitrogens with one attached hydrogen (secondary N) is 1. The molecule has 1 aromatic carbocycles. The van der Waals surface area contributed by atoms with Crippen LogP contribution in [0.3, 0.4) is 0 Å². The molecule has 114 valence electrons. The molecule has 1 aliphatic heterocycles. The maximum absolute atomic E-state index is 11.8. The Labute approximate surface area is 132 Å². The Hall–Kier alpha value is -2.34. The van der Waals surface area contributed by atoms with Crippen LogP contribution in [0.5, 0.6) is 11.5 Å². The van der Waals surface area contributed by atoms with Crippen molar-refractivity contribution in [3.8, 4) is 11.5 Å². The fourth-order valence-corrected chi connectivity index (χ4v) is 2.79. The molecule has 3 rings (SSSR count). The van der Waals surface area contributed by atoms with Gasteiger partial charge in [-0.25, -0.2) is 5.43 Å². The highest BCUT2D eigenvalue weighted by atomic mass is 32.1. The van der Waals surface area contributed by atoms with Crippen molar-refractivity contribution in [2.75, 3.05) is 13.2 Å². The van der Waals surface area contributed by atoms with Gasteiger partial charge in [0.2, 0.25) is 5.91 Å². The van der Waals surface area contributed by atoms with Gasteiger partial charge in [0.1, 0.15) is 13.2 Å². The van der Waals surface area contributed by atoms with E-state index in [0.717, 1.165) is 21.9 Å². The second-order valence-corrected chi connectivity index (χ2v) is 5.88. The Morgan fingerprint density at radius 2 is 2.09 bits per heavy atom. The van der Waals surface area contributed by atoms with Gasteiger partial charge in [-0.1, -0.05) is 6.07 Å². The average molecular weight is 316 g/mol. The molecule has 0 unspecified atom stereocenters. The van der Waals surface area contributed by atoms with Crippen LogP contribution < -0.4 is 14.9 Å². The van der Waals surface area contributed by atoms with Gasteiger partial charge in [-0.3, -0.25) is 4.79 Å². The molecule has 0 aliphatic carbocycles. The highest BCUT2D eigenvalue weighted by Crippen LogP contribution is 2.30. The molecule has 1 N–H and O–H groups in total. The Morgan fingerprint density at radius 3 is 2.86 bits per heavy atom. The van der Waals surface area contributed by atoms with Crippen LogP contribution in [0.1, 0.15) is 17.4 Å². The molecule has 2 heterocycles. The normalized spacial score (nSPS) is 13.8. The molecule has 0 spiro atoms. The van der Waals surface area contributed by atoms with Crippen molar-refractivity contribution in [2.45, 2.75) is 13.3 Å². The van der Waals surface area contributed by atoms with E-state index in [1.807, 2.05) is 42.6 Å². The van der Waals surface area contributed by atoms with Gasteiger partial charge in [-0.05, 0) is 36.6 Å². The van der Waals surface area contributed by atoms with E-state index in [1.165, 1.54) is 0 Å². The number of hydrazone groups is 1. The lowest BCUT2D eigenvalue weighted by atomic mass is 10.1. The Bertz CT molecular complexity index is 695. The molecule has 22 heavy (non-hydrogen) atoms. The van der Waals surface area contributed by atoms with E-state index in [4.69, 9.17) is 9.47 Å². The molecule has 0 fully saturated rings. The predicted octanol–water partition coefficient (Wildman–Crippen LogP) is 2.60. The van der Waals surface area contributed by atoms with Crippen LogP contribution >= 0.6 is 11.3 Å². The van der Waals surface area contributed by atoms with Gasteiger partial charge in [0.25, 0.3) is 0 Å². The van der Waals surface area contributed by atoms with Gasteiger partial charge >= 0.3 is 0 Å². The van der Waals surface area contributed by atoms with Gasteiger partial charge in [0.05, 0.1) is 12.1 Å². The Balaban J connectivity index is 1.65. The number of thiophene rings is 1. The molecule has 0 bridgehead atoms. The summed E-state index contributed by atoms with van der Waals surface area (Å²) in [7, 11) is 0. The molecule has 0 radical (unpaired) electrons. The number of amides is 1. The van der Waals surface area contributed by atoms with Gasteiger partial charge < -0.3 is 9.47 Å². The van der Waals surface area contributed by atoms with Crippen molar-refractivity contribution < 1.29 is 14.3 Å². The first kappa shape index (κ1) is 14.6. The van der Waals surface area contributed by atoms with Crippen molar-refractivity contribution >= 4 is 23.0 Å². The summed E-state index contributed by atoms with van der Waals surface area (Å²) < 4.78 is 11.0. The van der Waals surface area contributed by atoms with Gasteiger partial charge in [-0.2, -0.15) is 5.10 Å². The fourth-order valence-electron chi connectivity index (χ4n) is 2.09. The second kappa shape index (κ2) is 6.62. The van der Waals surface area contributed by atoms with E-state index >= 15 is 0 Å². The average Bonchev–Trinajstić information content (AvgIpc) is 3.05. The molecule has 0 saturated heterocycles. The SMILES string of the molecule is C/C(=N\NC(=O)Cc1cccs1)c1ccc2c(c1)OCCO2. The summed E-state index contributed by atoms with van der Waals surface area (Å²) in [5.74, 6) is 1.33. The third kappa shape index (κ3) is 3.46. The first-order valence-corrected chi connectivity index (χ1v) is 7.86. The monoisotopic (exact) mass is 316 g/mol. The number of nitrogens with zero attached hydrogens (tertiary/aromatic N) is 1. The molecule has 1 aliphatic rings. The number of fused-ring (bicyclic) bond motifs is 1. The summed E-state index contributed by atoms with van der Waals surface area (Å²) in [6.45, 7) is 2.96. The van der Waals surface area contributed by atoms with Crippen LogP contribution in [-0.4, -0.2) is 24.8 Å². The van der Waals surface area contributed by atoms with Gasteiger partial charge in [0.15, 0.2) is 11.5 Å². The number of rotatable bonds is 4. The fraction of sp³-hybridized carbons (Fsp3) is 0.250. The molecule has 2 aromatic rings. The van der Waals surface area contributed by atoms with Crippen molar-refractivity contribution in [1.29, 1.82) is 0 Å². The van der Waals surface area contributed by atoms with Crippen molar-refractivity contribution in [1.82, 2.24) is 5.43 Å². The van der Waals surface area contributed by atoms with E-state index in [2.05, 4.69) is 10.5 Å². The molecular weight excluding hydrogens is 300 g/mol. The molecular formula is C16H16N2O3S. The minimum atomic E-state index is -0.126. The lowest BCUT2D eigenvalue weighted by Crippen LogP contribution is -2.21. The smallest absolute Gasteiger partial charge is 0.245 e. The summed E-state index contributed by atoms with van der Waals surface area (Å²) in [5, 5.41) is 6.10. The molecule has 0 saturated carbocycles. The minimum Gasteiger partial charge on any atom is -0.486 e. The summed E-state index contributed by atoms with van der Waals surface area (Å²) in [5.41, 5.74) is 4.19. The molecule has 1 aromatic heterocycles. The Morgan fingerprint density at radius 1 is 1.27 bits per heavy atom. The second-order valence-electron chi connectivity index (χ2n) is 4.85. The number of benzene rings is 1. The highest BCUT2D eigenvalue weighted by molar-refractivity contribution is 7.10. The largest absolute Gasteiger partial charge is 0.486 e. The number of hydrogen-bond acceptors (Lipinski definition) is 5. The number of ether oxygens (including phenoxy) is 2. The summed E-state index contributed by atoms with van der Waals surface area (Å²) in [6, 6.07) is 9.49. The zero-order valence-electron chi connectivity index (χ0n) is 12.2. The van der Waals surface area contributed by atoms with E-state index in [-0.39, 0.29) is 5.91 Å². The number of carbonyl (C=O) groups excluding carboxylic acids is 1. The van der Waals surface area contributed by atoms with E-state index in [9.17, 15) is 4.79 Å². The molecule has 0 atom stereocenters. The van der Waals surface area contributed by atoms with Crippen LogP contribution in [0.15, 0.2) is 40.8 Å². The lowest BCUT2D eigenvalue weighted by molar-refractivity contribution is -0.120. The predicted molar refractivity (Wildman–Crippen MR) is 85.8 cm³/mol. The maximum Gasteiger partial charge on any atom is 0.245 e. The zero-order chi connectivity index (χ0) is 15.4. The quantitative estimate of drug-likeness (QED) is 0.697. The Kier molecular flexibility index (Phi) is 4.39. The number of carbonyl (C=O) groups is 1. The molecule has 1 amide bonds.